The summed E-state index contributed by atoms with van der Waals surface area (Å²) >= 11 is 0. The van der Waals surface area contributed by atoms with Crippen LogP contribution in [-0.4, -0.2) is 37.0 Å². The molecule has 0 atom stereocenters. The van der Waals surface area contributed by atoms with Gasteiger partial charge in [-0.1, -0.05) is 0 Å². The van der Waals surface area contributed by atoms with Crippen LogP contribution in [0.25, 0.3) is 0 Å². The molecule has 13 nitrogen and oxygen atoms in total. The van der Waals surface area contributed by atoms with Crippen molar-refractivity contribution in [1.29, 1.82) is 0 Å². The second kappa shape index (κ2) is 5.77. The predicted molar refractivity (Wildman–Crippen MR) is 50.9 cm³/mol. The average Bonchev–Trinajstić information content (AvgIpc) is 2.13. The molecule has 0 radical (unpaired) electrons. The first-order chi connectivity index (χ1) is 8.04. The van der Waals surface area contributed by atoms with Gasteiger partial charge in [0, 0.05) is 0 Å². The highest BCUT2D eigenvalue weighted by atomic mass is 31.2. The van der Waals surface area contributed by atoms with Crippen molar-refractivity contribution in [2.24, 2.45) is 0 Å². The molecule has 0 saturated heterocycles. The highest BCUT2D eigenvalue weighted by Gasteiger charge is 2.69. The first kappa shape index (κ1) is 16.3. The normalized spacial score (nSPS) is 12.1. The molecule has 2 N–H and O–H groups in total. The molecule has 0 aromatic heterocycles. The topological polar surface area (TPSA) is 196 Å². The summed E-state index contributed by atoms with van der Waals surface area (Å²) in [4.78, 5) is 42.8. The predicted octanol–water partition coefficient (Wildman–Crippen LogP) is -0.640. The standard InChI is InChI=1S/C4H8N3O10P/c8-5(9)4(6(10)11,7(12)13)2-1-3-17-18(14,15)16/h1-3H2,(H2,14,15,16). The van der Waals surface area contributed by atoms with E-state index in [1.54, 1.807) is 0 Å². The molecule has 0 aliphatic heterocycles. The smallest absolute Gasteiger partial charge is 0.303 e. The van der Waals surface area contributed by atoms with Crippen molar-refractivity contribution in [3.8, 4) is 0 Å². The largest absolute Gasteiger partial charge is 0.699 e. The Labute approximate surface area is 98.0 Å². The third-order valence-corrected chi connectivity index (χ3v) is 2.31. The van der Waals surface area contributed by atoms with Crippen LogP contribution in [0.4, 0.5) is 0 Å². The first-order valence-corrected chi connectivity index (χ1v) is 5.70. The second-order valence-corrected chi connectivity index (χ2v) is 4.21. The minimum absolute atomic E-state index is 0.645. The Balaban J connectivity index is 4.74. The van der Waals surface area contributed by atoms with Crippen molar-refractivity contribution in [2.75, 3.05) is 6.61 Å². The summed E-state index contributed by atoms with van der Waals surface area (Å²) in [5.74, 6) is -3.64. The number of phosphoric acid groups is 1. The van der Waals surface area contributed by atoms with Crippen LogP contribution in [0.5, 0.6) is 0 Å². The van der Waals surface area contributed by atoms with Crippen molar-refractivity contribution in [3.63, 3.8) is 0 Å². The van der Waals surface area contributed by atoms with E-state index in [1.165, 1.54) is 0 Å². The molecule has 0 bridgehead atoms. The molecule has 0 heterocycles. The van der Waals surface area contributed by atoms with Crippen LogP contribution in [-0.2, 0) is 9.09 Å². The number of phosphoric ester groups is 1. The molecule has 0 aliphatic rings. The molecule has 104 valence electrons. The van der Waals surface area contributed by atoms with E-state index >= 15 is 0 Å². The van der Waals surface area contributed by atoms with Crippen LogP contribution in [0.2, 0.25) is 0 Å². The van der Waals surface area contributed by atoms with Crippen molar-refractivity contribution >= 4 is 7.82 Å². The van der Waals surface area contributed by atoms with Gasteiger partial charge < -0.3 is 9.79 Å². The third kappa shape index (κ3) is 3.96. The summed E-state index contributed by atoms with van der Waals surface area (Å²) in [6.07, 6.45) is -1.81. The van der Waals surface area contributed by atoms with Gasteiger partial charge in [0.2, 0.25) is 0 Å². The summed E-state index contributed by atoms with van der Waals surface area (Å²) in [6, 6.07) is 0. The van der Waals surface area contributed by atoms with E-state index in [4.69, 9.17) is 9.79 Å². The molecule has 0 saturated carbocycles. The maximum Gasteiger partial charge on any atom is 0.699 e. The van der Waals surface area contributed by atoms with E-state index in [-0.39, 0.29) is 0 Å². The summed E-state index contributed by atoms with van der Waals surface area (Å²) in [5, 5.41) is 31.3. The van der Waals surface area contributed by atoms with Crippen molar-refractivity contribution in [2.45, 2.75) is 18.6 Å². The molecule has 14 heteroatoms. The van der Waals surface area contributed by atoms with Gasteiger partial charge in [-0.05, 0) is 6.42 Å². The minimum Gasteiger partial charge on any atom is -0.303 e. The lowest BCUT2D eigenvalue weighted by Crippen LogP contribution is -2.53. The molecular weight excluding hydrogens is 281 g/mol. The lowest BCUT2D eigenvalue weighted by atomic mass is 10.2. The third-order valence-electron chi connectivity index (χ3n) is 1.79. The zero-order chi connectivity index (χ0) is 14.6. The van der Waals surface area contributed by atoms with E-state index in [9.17, 15) is 34.9 Å². The fraction of sp³-hybridized carbons (Fsp3) is 1.00. The first-order valence-electron chi connectivity index (χ1n) is 4.17. The lowest BCUT2D eigenvalue weighted by Gasteiger charge is -2.09. The summed E-state index contributed by atoms with van der Waals surface area (Å²) in [6.45, 7) is -0.790. The Morgan fingerprint density at radius 3 is 1.72 bits per heavy atom. The van der Waals surface area contributed by atoms with Gasteiger partial charge in [0.25, 0.3) is 0 Å². The quantitative estimate of drug-likeness (QED) is 0.190. The maximum absolute atomic E-state index is 10.4. The highest BCUT2D eigenvalue weighted by Crippen LogP contribution is 2.36. The summed E-state index contributed by atoms with van der Waals surface area (Å²) < 4.78 is 14.1. The highest BCUT2D eigenvalue weighted by molar-refractivity contribution is 7.46. The van der Waals surface area contributed by atoms with Gasteiger partial charge in [0.05, 0.1) is 6.61 Å². The summed E-state index contributed by atoms with van der Waals surface area (Å²) in [7, 11) is -4.83. The van der Waals surface area contributed by atoms with Gasteiger partial charge in [-0.2, -0.15) is 0 Å². The molecule has 0 aromatic carbocycles. The van der Waals surface area contributed by atoms with Gasteiger partial charge in [-0.3, -0.25) is 34.9 Å². The number of hydrogen-bond acceptors (Lipinski definition) is 8. The molecule has 0 aliphatic carbocycles. The number of nitro groups is 3. The Bertz CT molecular complexity index is 366. The fourth-order valence-corrected chi connectivity index (χ4v) is 1.33. The van der Waals surface area contributed by atoms with E-state index in [2.05, 4.69) is 4.52 Å². The van der Waals surface area contributed by atoms with Gasteiger partial charge in [0.1, 0.15) is 0 Å². The van der Waals surface area contributed by atoms with Crippen LogP contribution in [0.1, 0.15) is 12.8 Å². The zero-order valence-electron chi connectivity index (χ0n) is 8.57. The van der Waals surface area contributed by atoms with E-state index in [0.29, 0.717) is 0 Å². The van der Waals surface area contributed by atoms with Crippen LogP contribution < -0.4 is 0 Å². The van der Waals surface area contributed by atoms with E-state index < -0.39 is 47.8 Å². The SMILES string of the molecule is O=[N+]([O-])C(CCCOP(=O)(O)O)([N+](=O)[O-])[N+](=O)[O-]. The molecule has 0 fully saturated rings. The zero-order valence-corrected chi connectivity index (χ0v) is 9.47. The number of nitrogens with zero attached hydrogens (tertiary/aromatic N) is 3. The Morgan fingerprint density at radius 1 is 1.06 bits per heavy atom. The van der Waals surface area contributed by atoms with Crippen molar-refractivity contribution < 1.29 is 33.6 Å². The molecule has 0 unspecified atom stereocenters. The van der Waals surface area contributed by atoms with Gasteiger partial charge in [-0.25, -0.2) is 4.57 Å². The van der Waals surface area contributed by atoms with Gasteiger partial charge in [-0.15, -0.1) is 0 Å². The van der Waals surface area contributed by atoms with Gasteiger partial charge >= 0.3 is 13.6 Å². The van der Waals surface area contributed by atoms with Crippen molar-refractivity contribution in [1.82, 2.24) is 0 Å². The summed E-state index contributed by atoms with van der Waals surface area (Å²) in [5.41, 5.74) is 0. The number of hydrogen-bond donors (Lipinski definition) is 2. The van der Waals surface area contributed by atoms with Crippen molar-refractivity contribution in [3.05, 3.63) is 30.3 Å². The van der Waals surface area contributed by atoms with Crippen LogP contribution in [0, 0.1) is 30.3 Å². The average molecular weight is 289 g/mol. The van der Waals surface area contributed by atoms with E-state index in [0.717, 1.165) is 0 Å². The lowest BCUT2D eigenvalue weighted by molar-refractivity contribution is -0.970. The molecule has 0 spiro atoms. The molecular formula is C4H8N3O10P. The molecule has 0 aromatic rings. The monoisotopic (exact) mass is 289 g/mol. The minimum atomic E-state index is -4.83. The van der Waals surface area contributed by atoms with Crippen LogP contribution in [0.3, 0.4) is 0 Å². The second-order valence-electron chi connectivity index (χ2n) is 2.97. The van der Waals surface area contributed by atoms with E-state index in [1.807, 2.05) is 0 Å². The fourth-order valence-electron chi connectivity index (χ4n) is 0.967. The maximum atomic E-state index is 10.4. The Hall–Kier alpha value is -1.69. The molecule has 0 rings (SSSR count). The van der Waals surface area contributed by atoms with Crippen LogP contribution in [0.15, 0.2) is 0 Å². The molecule has 18 heavy (non-hydrogen) atoms. The Kier molecular flexibility index (Phi) is 5.23. The van der Waals surface area contributed by atoms with Gasteiger partial charge in [0.15, 0.2) is 21.2 Å². The molecule has 0 amide bonds. The van der Waals surface area contributed by atoms with Crippen LogP contribution >= 0.6 is 7.82 Å². The number of rotatable bonds is 8. The Morgan fingerprint density at radius 2 is 1.44 bits per heavy atom.